The van der Waals surface area contributed by atoms with Crippen molar-refractivity contribution in [1.82, 2.24) is 14.9 Å². The zero-order chi connectivity index (χ0) is 32.0. The summed E-state index contributed by atoms with van der Waals surface area (Å²) >= 11 is 0. The number of carbonyl (C=O) groups excluding carboxylic acids is 1. The number of rotatable bonds is 3. The summed E-state index contributed by atoms with van der Waals surface area (Å²) in [4.78, 5) is 43.7. The molecule has 16 heteroatoms. The van der Waals surface area contributed by atoms with Gasteiger partial charge in [-0.15, -0.1) is 0 Å². The molecule has 0 aliphatic carbocycles. The van der Waals surface area contributed by atoms with Crippen molar-refractivity contribution in [2.75, 3.05) is 24.5 Å². The smallest absolute Gasteiger partial charge is 0.475 e. The van der Waals surface area contributed by atoms with Crippen molar-refractivity contribution in [1.29, 1.82) is 0 Å². The first kappa shape index (κ1) is 32.8. The molecule has 1 saturated heterocycles. The first-order valence-electron chi connectivity index (χ1n) is 12.3. The van der Waals surface area contributed by atoms with Crippen LogP contribution in [0.4, 0.5) is 36.4 Å². The number of fused-ring (bicyclic) bond motifs is 2. The van der Waals surface area contributed by atoms with Gasteiger partial charge >= 0.3 is 24.3 Å². The van der Waals surface area contributed by atoms with Gasteiger partial charge in [-0.1, -0.05) is 18.2 Å². The van der Waals surface area contributed by atoms with Gasteiger partial charge in [-0.3, -0.25) is 14.8 Å². The first-order valence-corrected chi connectivity index (χ1v) is 12.3. The van der Waals surface area contributed by atoms with Gasteiger partial charge in [-0.05, 0) is 42.3 Å². The van der Waals surface area contributed by atoms with Crippen molar-refractivity contribution in [3.05, 3.63) is 89.8 Å². The van der Waals surface area contributed by atoms with Crippen molar-refractivity contribution in [2.45, 2.75) is 30.7 Å². The highest BCUT2D eigenvalue weighted by molar-refractivity contribution is 5.95. The number of carboxylic acid groups (broad SMARTS) is 2. The summed E-state index contributed by atoms with van der Waals surface area (Å²) in [6.07, 6.45) is -3.88. The third-order valence-corrected chi connectivity index (χ3v) is 6.45. The van der Waals surface area contributed by atoms with E-state index in [4.69, 9.17) is 24.8 Å². The molecule has 1 unspecified atom stereocenters. The lowest BCUT2D eigenvalue weighted by Gasteiger charge is -2.26. The molecule has 0 radical (unpaired) electrons. The van der Waals surface area contributed by atoms with Gasteiger partial charge in [-0.2, -0.15) is 26.3 Å². The Kier molecular flexibility index (Phi) is 9.93. The Morgan fingerprint density at radius 2 is 1.47 bits per heavy atom. The maximum atomic E-state index is 14.1. The lowest BCUT2D eigenvalue weighted by Crippen LogP contribution is -2.38. The number of pyridine rings is 2. The fraction of sp³-hybridized carbons (Fsp3) is 0.296. The quantitative estimate of drug-likeness (QED) is 0.407. The highest BCUT2D eigenvalue weighted by Crippen LogP contribution is 2.45. The van der Waals surface area contributed by atoms with E-state index in [9.17, 15) is 35.5 Å². The highest BCUT2D eigenvalue weighted by atomic mass is 19.4. The van der Waals surface area contributed by atoms with Crippen molar-refractivity contribution in [2.24, 2.45) is 0 Å². The van der Waals surface area contributed by atoms with Crippen molar-refractivity contribution in [3.8, 4) is 0 Å². The van der Waals surface area contributed by atoms with Gasteiger partial charge in [0.25, 0.3) is 5.91 Å². The van der Waals surface area contributed by atoms with Crippen LogP contribution >= 0.6 is 0 Å². The summed E-state index contributed by atoms with van der Waals surface area (Å²) in [5, 5.41) is 14.2. The van der Waals surface area contributed by atoms with Gasteiger partial charge in [0.2, 0.25) is 0 Å². The standard InChI is InChI=1S/C23H21FN4O.2C2HF3O2/c24-19-7-2-1-6-18(19)22(29)27-12-9-23(15-27)16-28(14-17-5-3-10-25-13-17)20-8-4-11-26-21(20)23;2*3-2(4,5)1(6)7/h1-8,10-11,13H,9,12,14-16H2;2*(H,6,7). The monoisotopic (exact) mass is 616 g/mol. The zero-order valence-electron chi connectivity index (χ0n) is 21.9. The summed E-state index contributed by atoms with van der Waals surface area (Å²) in [6.45, 7) is 2.68. The van der Waals surface area contributed by atoms with Gasteiger partial charge in [0.15, 0.2) is 0 Å². The summed E-state index contributed by atoms with van der Waals surface area (Å²) in [5.41, 5.74) is 3.19. The molecule has 2 aliphatic heterocycles. The van der Waals surface area contributed by atoms with Crippen LogP contribution in [-0.2, 0) is 21.5 Å². The number of hydrogen-bond acceptors (Lipinski definition) is 6. The van der Waals surface area contributed by atoms with E-state index in [1.807, 2.05) is 24.5 Å². The second-order valence-corrected chi connectivity index (χ2v) is 9.43. The SMILES string of the molecule is O=C(O)C(F)(F)F.O=C(O)C(F)(F)F.O=C(c1ccccc1F)N1CCC2(C1)CN(Cc1cccnc1)c1cccnc12. The zero-order valence-corrected chi connectivity index (χ0v) is 21.9. The van der Waals surface area contributed by atoms with Crippen LogP contribution < -0.4 is 4.90 Å². The maximum Gasteiger partial charge on any atom is 0.490 e. The third kappa shape index (κ3) is 8.17. The van der Waals surface area contributed by atoms with Crippen LogP contribution in [0.15, 0.2) is 67.1 Å². The lowest BCUT2D eigenvalue weighted by atomic mass is 9.85. The normalized spacial score (nSPS) is 17.4. The van der Waals surface area contributed by atoms with Crippen LogP contribution in [-0.4, -0.2) is 74.9 Å². The van der Waals surface area contributed by atoms with Crippen LogP contribution in [0.25, 0.3) is 0 Å². The molecule has 0 saturated carbocycles. The molecular weight excluding hydrogens is 593 g/mol. The number of carbonyl (C=O) groups is 3. The van der Waals surface area contributed by atoms with E-state index >= 15 is 0 Å². The van der Waals surface area contributed by atoms with Gasteiger partial charge < -0.3 is 20.0 Å². The Bertz CT molecular complexity index is 1430. The number of nitrogens with zero attached hydrogens (tertiary/aromatic N) is 4. The number of alkyl halides is 6. The average molecular weight is 616 g/mol. The molecule has 2 aliphatic rings. The van der Waals surface area contributed by atoms with Crippen LogP contribution in [0.5, 0.6) is 0 Å². The maximum absolute atomic E-state index is 14.1. The Morgan fingerprint density at radius 1 is 0.860 bits per heavy atom. The van der Waals surface area contributed by atoms with Crippen molar-refractivity contribution in [3.63, 3.8) is 0 Å². The molecule has 1 fully saturated rings. The minimum Gasteiger partial charge on any atom is -0.475 e. The molecule has 43 heavy (non-hydrogen) atoms. The van der Waals surface area contributed by atoms with E-state index < -0.39 is 30.1 Å². The predicted octanol–water partition coefficient (Wildman–Crippen LogP) is 4.69. The molecule has 1 atom stereocenters. The summed E-state index contributed by atoms with van der Waals surface area (Å²) in [7, 11) is 0. The van der Waals surface area contributed by atoms with Crippen molar-refractivity contribution >= 4 is 23.5 Å². The molecule has 0 bridgehead atoms. The van der Waals surface area contributed by atoms with Gasteiger partial charge in [0.05, 0.1) is 22.4 Å². The lowest BCUT2D eigenvalue weighted by molar-refractivity contribution is -0.193. The summed E-state index contributed by atoms with van der Waals surface area (Å²) < 4.78 is 77.6. The Morgan fingerprint density at radius 3 is 2.02 bits per heavy atom. The molecule has 9 nitrogen and oxygen atoms in total. The minimum absolute atomic E-state index is 0.135. The number of anilines is 1. The van der Waals surface area contributed by atoms with E-state index in [2.05, 4.69) is 22.0 Å². The van der Waals surface area contributed by atoms with E-state index in [0.29, 0.717) is 13.1 Å². The van der Waals surface area contributed by atoms with Crippen LogP contribution in [0.3, 0.4) is 0 Å². The number of aliphatic carboxylic acids is 2. The summed E-state index contributed by atoms with van der Waals surface area (Å²) in [6, 6.07) is 14.2. The van der Waals surface area contributed by atoms with E-state index in [-0.39, 0.29) is 16.9 Å². The van der Waals surface area contributed by atoms with E-state index in [1.165, 1.54) is 6.07 Å². The van der Waals surface area contributed by atoms with Gasteiger partial charge in [-0.25, -0.2) is 14.0 Å². The third-order valence-electron chi connectivity index (χ3n) is 6.45. The molecule has 1 aromatic carbocycles. The van der Waals surface area contributed by atoms with Crippen molar-refractivity contribution < 1.29 is 55.3 Å². The second kappa shape index (κ2) is 13.0. The molecule has 2 aromatic heterocycles. The number of benzene rings is 1. The number of likely N-dealkylation sites (tertiary alicyclic amines) is 1. The molecule has 1 amide bonds. The molecule has 1 spiro atoms. The molecule has 5 rings (SSSR count). The van der Waals surface area contributed by atoms with Crippen LogP contribution in [0.2, 0.25) is 0 Å². The Labute approximate surface area is 239 Å². The number of halogens is 7. The van der Waals surface area contributed by atoms with Crippen LogP contribution in [0.1, 0.15) is 28.0 Å². The Balaban J connectivity index is 0.000000303. The van der Waals surface area contributed by atoms with E-state index in [0.717, 1.165) is 36.5 Å². The number of carboxylic acids is 2. The molecule has 4 heterocycles. The largest absolute Gasteiger partial charge is 0.490 e. The van der Waals surface area contributed by atoms with Gasteiger partial charge in [0.1, 0.15) is 5.82 Å². The Hall–Kier alpha value is -4.76. The van der Waals surface area contributed by atoms with Crippen LogP contribution in [0, 0.1) is 5.82 Å². The van der Waals surface area contributed by atoms with E-state index in [1.54, 1.807) is 29.3 Å². The summed E-state index contributed by atoms with van der Waals surface area (Å²) in [5.74, 6) is -6.23. The first-order chi connectivity index (χ1) is 20.0. The number of amides is 1. The second-order valence-electron chi connectivity index (χ2n) is 9.43. The van der Waals surface area contributed by atoms with Gasteiger partial charge in [0, 0.05) is 44.8 Å². The minimum atomic E-state index is -5.08. The molecule has 2 N–H and O–H groups in total. The fourth-order valence-electron chi connectivity index (χ4n) is 4.61. The molecule has 230 valence electrons. The highest BCUT2D eigenvalue weighted by Gasteiger charge is 2.49. The number of aromatic nitrogens is 2. The topological polar surface area (TPSA) is 124 Å². The predicted molar refractivity (Wildman–Crippen MR) is 136 cm³/mol. The molecular formula is C27H23F7N4O5. The number of hydrogen-bond donors (Lipinski definition) is 2. The fourth-order valence-corrected chi connectivity index (χ4v) is 4.61. The average Bonchev–Trinajstić information content (AvgIpc) is 3.50. The molecule has 3 aromatic rings.